The van der Waals surface area contributed by atoms with Gasteiger partial charge in [-0.3, -0.25) is 9.10 Å². The fourth-order valence-corrected chi connectivity index (χ4v) is 3.94. The van der Waals surface area contributed by atoms with Crippen molar-refractivity contribution in [3.63, 3.8) is 0 Å². The lowest BCUT2D eigenvalue weighted by molar-refractivity contribution is -0.114. The number of carbonyl (C=O) groups is 1. The van der Waals surface area contributed by atoms with Crippen molar-refractivity contribution in [2.24, 2.45) is 0 Å². The Bertz CT molecular complexity index is 951. The third-order valence-electron chi connectivity index (χ3n) is 4.61. The van der Waals surface area contributed by atoms with Crippen LogP contribution >= 0.6 is 0 Å². The molecule has 0 heterocycles. The third kappa shape index (κ3) is 5.41. The lowest BCUT2D eigenvalue weighted by Gasteiger charge is -2.23. The van der Waals surface area contributed by atoms with Gasteiger partial charge in [0.1, 0.15) is 6.54 Å². The Labute approximate surface area is 172 Å². The molecule has 7 nitrogen and oxygen atoms in total. The molecule has 0 unspecified atom stereocenters. The molecule has 1 N–H and O–H groups in total. The van der Waals surface area contributed by atoms with Crippen LogP contribution in [0.5, 0.6) is 11.5 Å². The molecule has 0 fully saturated rings. The number of anilines is 2. The molecular formula is C21H28N2O5S. The van der Waals surface area contributed by atoms with Crippen LogP contribution in [0.15, 0.2) is 36.4 Å². The van der Waals surface area contributed by atoms with E-state index in [0.717, 1.165) is 40.2 Å². The number of nitrogens with one attached hydrogen (secondary N) is 1. The molecule has 0 aliphatic rings. The largest absolute Gasteiger partial charge is 0.493 e. The number of methoxy groups -OCH3 is 2. The zero-order valence-corrected chi connectivity index (χ0v) is 18.3. The first kappa shape index (κ1) is 22.5. The highest BCUT2D eigenvalue weighted by Crippen LogP contribution is 2.32. The Balaban J connectivity index is 2.35. The molecule has 0 spiro atoms. The van der Waals surface area contributed by atoms with E-state index in [1.807, 2.05) is 32.0 Å². The molecule has 0 aliphatic heterocycles. The molecule has 0 radical (unpaired) electrons. The van der Waals surface area contributed by atoms with Crippen LogP contribution in [0.2, 0.25) is 0 Å². The number of ether oxygens (including phenoxy) is 2. The van der Waals surface area contributed by atoms with Crippen molar-refractivity contribution in [3.8, 4) is 11.5 Å². The number of rotatable bonds is 9. The maximum absolute atomic E-state index is 12.8. The second-order valence-electron chi connectivity index (χ2n) is 6.52. The molecule has 0 saturated carbocycles. The van der Waals surface area contributed by atoms with Gasteiger partial charge in [-0.2, -0.15) is 0 Å². The van der Waals surface area contributed by atoms with E-state index in [1.54, 1.807) is 12.1 Å². The number of para-hydroxylation sites is 1. The van der Waals surface area contributed by atoms with Gasteiger partial charge in [-0.1, -0.05) is 32.0 Å². The monoisotopic (exact) mass is 420 g/mol. The van der Waals surface area contributed by atoms with Gasteiger partial charge < -0.3 is 14.8 Å². The fourth-order valence-electron chi connectivity index (χ4n) is 3.09. The van der Waals surface area contributed by atoms with E-state index in [2.05, 4.69) is 5.32 Å². The van der Waals surface area contributed by atoms with E-state index >= 15 is 0 Å². The van der Waals surface area contributed by atoms with Gasteiger partial charge in [0.2, 0.25) is 15.9 Å². The number of benzene rings is 2. The van der Waals surface area contributed by atoms with E-state index in [-0.39, 0.29) is 6.54 Å². The van der Waals surface area contributed by atoms with Crippen molar-refractivity contribution in [3.05, 3.63) is 47.5 Å². The molecule has 0 bridgehead atoms. The van der Waals surface area contributed by atoms with Gasteiger partial charge in [0.05, 0.1) is 26.2 Å². The van der Waals surface area contributed by atoms with Crippen LogP contribution in [0.3, 0.4) is 0 Å². The Morgan fingerprint density at radius 1 is 1.00 bits per heavy atom. The topological polar surface area (TPSA) is 84.9 Å². The van der Waals surface area contributed by atoms with Crippen LogP contribution in [-0.2, 0) is 27.7 Å². The smallest absolute Gasteiger partial charge is 0.245 e. The minimum atomic E-state index is -3.71. The summed E-state index contributed by atoms with van der Waals surface area (Å²) in [7, 11) is -0.744. The third-order valence-corrected chi connectivity index (χ3v) is 5.75. The first-order valence-electron chi connectivity index (χ1n) is 9.35. The number of aryl methyl sites for hydroxylation is 2. The zero-order chi connectivity index (χ0) is 21.6. The Kier molecular flexibility index (Phi) is 7.50. The van der Waals surface area contributed by atoms with E-state index < -0.39 is 15.9 Å². The quantitative estimate of drug-likeness (QED) is 0.673. The second kappa shape index (κ2) is 9.65. The summed E-state index contributed by atoms with van der Waals surface area (Å²) in [6, 6.07) is 10.6. The molecule has 1 amide bonds. The van der Waals surface area contributed by atoms with Crippen molar-refractivity contribution in [1.82, 2.24) is 0 Å². The Morgan fingerprint density at radius 2 is 1.59 bits per heavy atom. The average Bonchev–Trinajstić information content (AvgIpc) is 2.70. The molecule has 2 aromatic rings. The van der Waals surface area contributed by atoms with Gasteiger partial charge >= 0.3 is 0 Å². The predicted octanol–water partition coefficient (Wildman–Crippen LogP) is 3.23. The number of amides is 1. The van der Waals surface area contributed by atoms with Crippen molar-refractivity contribution in [2.75, 3.05) is 36.6 Å². The lowest BCUT2D eigenvalue weighted by atomic mass is 10.0. The molecule has 0 saturated heterocycles. The van der Waals surface area contributed by atoms with E-state index in [1.165, 1.54) is 20.3 Å². The molecule has 0 atom stereocenters. The van der Waals surface area contributed by atoms with Crippen LogP contribution in [0, 0.1) is 0 Å². The van der Waals surface area contributed by atoms with E-state index in [0.29, 0.717) is 17.2 Å². The van der Waals surface area contributed by atoms with Crippen LogP contribution in [0.25, 0.3) is 0 Å². The summed E-state index contributed by atoms with van der Waals surface area (Å²) < 4.78 is 36.3. The maximum Gasteiger partial charge on any atom is 0.245 e. The normalized spacial score (nSPS) is 11.1. The van der Waals surface area contributed by atoms with Crippen LogP contribution in [0.1, 0.15) is 25.0 Å². The number of hydrogen-bond acceptors (Lipinski definition) is 5. The van der Waals surface area contributed by atoms with Crippen molar-refractivity contribution in [2.45, 2.75) is 26.7 Å². The van der Waals surface area contributed by atoms with Crippen LogP contribution < -0.4 is 19.1 Å². The predicted molar refractivity (Wildman–Crippen MR) is 116 cm³/mol. The minimum Gasteiger partial charge on any atom is -0.493 e. The summed E-state index contributed by atoms with van der Waals surface area (Å²) in [6.45, 7) is 3.67. The van der Waals surface area contributed by atoms with Crippen molar-refractivity contribution < 1.29 is 22.7 Å². The van der Waals surface area contributed by atoms with Gasteiger partial charge in [-0.05, 0) is 36.1 Å². The van der Waals surface area contributed by atoms with Crippen LogP contribution in [0.4, 0.5) is 11.4 Å². The number of hydrogen-bond donors (Lipinski definition) is 1. The number of sulfonamides is 1. The zero-order valence-electron chi connectivity index (χ0n) is 17.5. The molecule has 8 heteroatoms. The lowest BCUT2D eigenvalue weighted by Crippen LogP contribution is -2.37. The van der Waals surface area contributed by atoms with Gasteiger partial charge in [0.25, 0.3) is 0 Å². The fraction of sp³-hybridized carbons (Fsp3) is 0.381. The Hall–Kier alpha value is -2.74. The summed E-state index contributed by atoms with van der Waals surface area (Å²) in [5.74, 6) is 0.433. The minimum absolute atomic E-state index is 0.319. The molecule has 2 aromatic carbocycles. The highest BCUT2D eigenvalue weighted by atomic mass is 32.2. The average molecular weight is 421 g/mol. The summed E-state index contributed by atoms with van der Waals surface area (Å²) in [5.41, 5.74) is 3.09. The molecule has 0 aromatic heterocycles. The first-order valence-corrected chi connectivity index (χ1v) is 11.2. The molecule has 2 rings (SSSR count). The SMILES string of the molecule is CCc1cccc(CC)c1NC(=O)CN(c1ccc(OC)c(OC)c1)S(C)(=O)=O. The number of nitrogens with zero attached hydrogens (tertiary/aromatic N) is 1. The summed E-state index contributed by atoms with van der Waals surface area (Å²) in [6.07, 6.45) is 2.58. The molecule has 158 valence electrons. The molecule has 29 heavy (non-hydrogen) atoms. The highest BCUT2D eigenvalue weighted by molar-refractivity contribution is 7.92. The van der Waals surface area contributed by atoms with Crippen molar-refractivity contribution >= 4 is 27.3 Å². The standard InChI is InChI=1S/C21H28N2O5S/c1-6-15-9-8-10-16(7-2)21(15)22-20(24)14-23(29(5,25)26)17-11-12-18(27-3)19(13-17)28-4/h8-13H,6-7,14H2,1-5H3,(H,22,24). The van der Waals surface area contributed by atoms with Crippen molar-refractivity contribution in [1.29, 1.82) is 0 Å². The molecular weight excluding hydrogens is 392 g/mol. The number of carbonyl (C=O) groups excluding carboxylic acids is 1. The Morgan fingerprint density at radius 3 is 2.07 bits per heavy atom. The first-order chi connectivity index (χ1) is 13.7. The van der Waals surface area contributed by atoms with Gasteiger partial charge in [0, 0.05) is 11.8 Å². The maximum atomic E-state index is 12.8. The second-order valence-corrected chi connectivity index (χ2v) is 8.42. The molecule has 0 aliphatic carbocycles. The summed E-state index contributed by atoms with van der Waals surface area (Å²) >= 11 is 0. The van der Waals surface area contributed by atoms with Gasteiger partial charge in [-0.15, -0.1) is 0 Å². The van der Waals surface area contributed by atoms with E-state index in [9.17, 15) is 13.2 Å². The van der Waals surface area contributed by atoms with E-state index in [4.69, 9.17) is 9.47 Å². The highest BCUT2D eigenvalue weighted by Gasteiger charge is 2.23. The van der Waals surface area contributed by atoms with Crippen LogP contribution in [-0.4, -0.2) is 41.3 Å². The van der Waals surface area contributed by atoms with Gasteiger partial charge in [0.15, 0.2) is 11.5 Å². The summed E-state index contributed by atoms with van der Waals surface area (Å²) in [5, 5.41) is 2.90. The van der Waals surface area contributed by atoms with Gasteiger partial charge in [-0.25, -0.2) is 8.42 Å². The summed E-state index contributed by atoms with van der Waals surface area (Å²) in [4.78, 5) is 12.8.